The van der Waals surface area contributed by atoms with Gasteiger partial charge in [-0.05, 0) is 32.1 Å². The van der Waals surface area contributed by atoms with Crippen LogP contribution in [0.2, 0.25) is 5.02 Å². The zero-order valence-corrected chi connectivity index (χ0v) is 18.5. The van der Waals surface area contributed by atoms with Crippen LogP contribution in [-0.4, -0.2) is 51.1 Å². The van der Waals surface area contributed by atoms with Gasteiger partial charge in [-0.1, -0.05) is 23.7 Å². The monoisotopic (exact) mass is 482 g/mol. The summed E-state index contributed by atoms with van der Waals surface area (Å²) in [7, 11) is -3.11. The number of hydrogen-bond acceptors (Lipinski definition) is 7. The van der Waals surface area contributed by atoms with E-state index in [0.717, 1.165) is 12.1 Å². The minimum atomic E-state index is -4.87. The van der Waals surface area contributed by atoms with Crippen LogP contribution in [0.25, 0.3) is 22.3 Å². The van der Waals surface area contributed by atoms with Crippen LogP contribution < -0.4 is 5.43 Å². The second kappa shape index (κ2) is 8.51. The van der Waals surface area contributed by atoms with E-state index in [-0.39, 0.29) is 45.5 Å². The van der Waals surface area contributed by atoms with Gasteiger partial charge < -0.3 is 29.3 Å². The number of nitrogens with zero attached hydrogens (tertiary/aromatic N) is 1. The van der Waals surface area contributed by atoms with Crippen molar-refractivity contribution in [1.82, 2.24) is 4.90 Å². The highest BCUT2D eigenvalue weighted by atomic mass is 35.5. The van der Waals surface area contributed by atoms with E-state index in [1.54, 1.807) is 19.2 Å². The van der Waals surface area contributed by atoms with Gasteiger partial charge in [0.2, 0.25) is 0 Å². The Kier molecular flexibility index (Phi) is 5.71. The number of likely N-dealkylation sites (tertiary alicyclic amines) is 1. The summed E-state index contributed by atoms with van der Waals surface area (Å²) < 4.78 is 30.5. The largest absolute Gasteiger partial charge is 0.507 e. The lowest BCUT2D eigenvalue weighted by atomic mass is 9.85. The first kappa shape index (κ1) is 21.5. The smallest absolute Gasteiger partial charge is 0.469 e. The zero-order valence-electron chi connectivity index (χ0n) is 17.9. The van der Waals surface area contributed by atoms with Crippen LogP contribution in [0, 0.1) is 0 Å². The highest BCUT2D eigenvalue weighted by Gasteiger charge is 2.38. The van der Waals surface area contributed by atoms with Gasteiger partial charge in [0.05, 0.1) is 12.5 Å². The predicted octanol–water partition coefficient (Wildman–Crippen LogP) is 3.42. The molecule has 1 aliphatic rings. The van der Waals surface area contributed by atoms with E-state index in [9.17, 15) is 29.4 Å². The number of rotatable bonds is 4. The summed E-state index contributed by atoms with van der Waals surface area (Å²) in [6.07, 6.45) is -0.705. The standard InChI is InChI=1S/C21H21ClNO8P/c1-23-7-6-12(18(10-23)31-32(27,28)29)19-14(24)8-15(25)20-16(26)9-17(30-21(19)20)11-4-2-3-5-13(11)22/h2-5,8-9,12,18,24-25H,6-7,10H2,1H3,(H2,27,28,29)/i5D. The first-order valence-corrected chi connectivity index (χ1v) is 11.6. The molecule has 1 saturated heterocycles. The Morgan fingerprint density at radius 1 is 1.28 bits per heavy atom. The third-order valence-electron chi connectivity index (χ3n) is 5.47. The van der Waals surface area contributed by atoms with Gasteiger partial charge in [-0.2, -0.15) is 0 Å². The molecule has 0 bridgehead atoms. The first-order valence-electron chi connectivity index (χ1n) is 10.2. The van der Waals surface area contributed by atoms with Crippen LogP contribution in [0.15, 0.2) is 45.6 Å². The lowest BCUT2D eigenvalue weighted by Crippen LogP contribution is -2.41. The SMILES string of the molecule is [2H]c1cccc(-c2cc(=O)c3c(O)cc(O)c(C4CCN(C)CC4OP(=O)(O)O)c3o2)c1Cl. The second-order valence-corrected chi connectivity index (χ2v) is 9.27. The maximum Gasteiger partial charge on any atom is 0.469 e. The van der Waals surface area contributed by atoms with E-state index in [2.05, 4.69) is 0 Å². The molecule has 1 aromatic heterocycles. The molecule has 2 unspecified atom stereocenters. The Labute approximate surface area is 189 Å². The number of fused-ring (bicyclic) bond motifs is 1. The molecular weight excluding hydrogens is 461 g/mol. The fourth-order valence-electron chi connectivity index (χ4n) is 4.10. The minimum absolute atomic E-state index is 0.0123. The lowest BCUT2D eigenvalue weighted by molar-refractivity contribution is 0.0544. The van der Waals surface area contributed by atoms with Crippen molar-refractivity contribution in [3.63, 3.8) is 0 Å². The number of halogens is 1. The van der Waals surface area contributed by atoms with Crippen molar-refractivity contribution in [3.05, 3.63) is 57.2 Å². The quantitative estimate of drug-likeness (QED) is 0.411. The van der Waals surface area contributed by atoms with Crippen molar-refractivity contribution in [3.8, 4) is 22.8 Å². The number of phenols is 2. The minimum Gasteiger partial charge on any atom is -0.507 e. The Bertz CT molecular complexity index is 1340. The molecule has 1 fully saturated rings. The summed E-state index contributed by atoms with van der Waals surface area (Å²) in [6.45, 7) is 0.665. The number of phosphoric acid groups is 1. The van der Waals surface area contributed by atoms with Crippen LogP contribution in [0.5, 0.6) is 11.5 Å². The molecule has 0 radical (unpaired) electrons. The molecule has 2 atom stereocenters. The molecular formula is C21H21ClNO8P. The van der Waals surface area contributed by atoms with Gasteiger partial charge in [0.15, 0.2) is 5.43 Å². The van der Waals surface area contributed by atoms with Gasteiger partial charge in [0.1, 0.15) is 28.2 Å². The maximum absolute atomic E-state index is 12.9. The van der Waals surface area contributed by atoms with Gasteiger partial charge in [-0.3, -0.25) is 9.32 Å². The molecule has 0 spiro atoms. The van der Waals surface area contributed by atoms with Crippen LogP contribution in [0.4, 0.5) is 0 Å². The average molecular weight is 483 g/mol. The van der Waals surface area contributed by atoms with E-state index < -0.39 is 36.8 Å². The van der Waals surface area contributed by atoms with Crippen molar-refractivity contribution < 1.29 is 34.9 Å². The number of likely N-dealkylation sites (N-methyl/N-ethyl adjacent to an activating group) is 1. The van der Waals surface area contributed by atoms with Gasteiger partial charge in [0.25, 0.3) is 0 Å². The Balaban J connectivity index is 1.98. The summed E-state index contributed by atoms with van der Waals surface area (Å²) in [6, 6.07) is 6.73. The Morgan fingerprint density at radius 3 is 2.75 bits per heavy atom. The number of piperidine rings is 1. The number of aromatic hydroxyl groups is 2. The van der Waals surface area contributed by atoms with Crippen LogP contribution in [0.3, 0.4) is 0 Å². The van der Waals surface area contributed by atoms with E-state index in [4.69, 9.17) is 21.9 Å². The second-order valence-electron chi connectivity index (χ2n) is 7.70. The number of phenolic OH excluding ortho intramolecular Hbond substituents is 2. The van der Waals surface area contributed by atoms with Crippen molar-refractivity contribution in [1.29, 1.82) is 0 Å². The van der Waals surface area contributed by atoms with Crippen molar-refractivity contribution in [2.24, 2.45) is 0 Å². The van der Waals surface area contributed by atoms with Crippen LogP contribution in [0.1, 0.15) is 19.3 Å². The topological polar surface area (TPSA) is 141 Å². The molecule has 0 amide bonds. The fourth-order valence-corrected chi connectivity index (χ4v) is 4.89. The summed E-state index contributed by atoms with van der Waals surface area (Å²) in [5.41, 5.74) is -0.401. The van der Waals surface area contributed by atoms with E-state index >= 15 is 0 Å². The molecule has 2 aromatic carbocycles. The fraction of sp³-hybridized carbons (Fsp3) is 0.286. The third kappa shape index (κ3) is 4.41. The maximum atomic E-state index is 12.9. The molecule has 32 heavy (non-hydrogen) atoms. The van der Waals surface area contributed by atoms with Gasteiger partial charge in [0, 0.05) is 35.7 Å². The predicted molar refractivity (Wildman–Crippen MR) is 118 cm³/mol. The highest BCUT2D eigenvalue weighted by molar-refractivity contribution is 7.46. The van der Waals surface area contributed by atoms with Gasteiger partial charge >= 0.3 is 7.82 Å². The molecule has 11 heteroatoms. The van der Waals surface area contributed by atoms with Crippen LogP contribution in [-0.2, 0) is 9.09 Å². The average Bonchev–Trinajstić information content (AvgIpc) is 2.69. The summed E-state index contributed by atoms with van der Waals surface area (Å²) >= 11 is 6.23. The zero-order chi connectivity index (χ0) is 24.1. The highest BCUT2D eigenvalue weighted by Crippen LogP contribution is 2.47. The van der Waals surface area contributed by atoms with E-state index in [1.165, 1.54) is 6.07 Å². The molecule has 2 heterocycles. The van der Waals surface area contributed by atoms with E-state index in [1.807, 2.05) is 4.90 Å². The summed E-state index contributed by atoms with van der Waals surface area (Å²) in [5, 5.41) is 21.0. The normalized spacial score (nSPS) is 20.4. The van der Waals surface area contributed by atoms with Crippen molar-refractivity contribution in [2.45, 2.75) is 18.4 Å². The molecule has 170 valence electrons. The van der Waals surface area contributed by atoms with E-state index in [0.29, 0.717) is 13.0 Å². The summed E-state index contributed by atoms with van der Waals surface area (Å²) in [5.74, 6) is -1.66. The van der Waals surface area contributed by atoms with Crippen LogP contribution >= 0.6 is 19.4 Å². The Morgan fingerprint density at radius 2 is 2.03 bits per heavy atom. The Hall–Kier alpha value is -2.39. The number of benzene rings is 2. The number of phosphoric ester groups is 1. The van der Waals surface area contributed by atoms with Gasteiger partial charge in [-0.25, -0.2) is 4.57 Å². The molecule has 0 aliphatic carbocycles. The molecule has 9 nitrogen and oxygen atoms in total. The molecule has 4 N–H and O–H groups in total. The lowest BCUT2D eigenvalue weighted by Gasteiger charge is -2.36. The molecule has 0 saturated carbocycles. The molecule has 1 aliphatic heterocycles. The van der Waals surface area contributed by atoms with Gasteiger partial charge in [-0.15, -0.1) is 0 Å². The number of hydrogen-bond donors (Lipinski definition) is 4. The molecule has 4 rings (SSSR count). The summed E-state index contributed by atoms with van der Waals surface area (Å²) in [4.78, 5) is 33.6. The first-order chi connectivity index (χ1) is 15.5. The molecule has 3 aromatic rings. The van der Waals surface area contributed by atoms with Crippen molar-refractivity contribution in [2.75, 3.05) is 20.1 Å². The third-order valence-corrected chi connectivity index (χ3v) is 6.33. The van der Waals surface area contributed by atoms with Crippen molar-refractivity contribution >= 4 is 30.4 Å².